The molecule has 2 aliphatic heterocycles. The lowest BCUT2D eigenvalue weighted by Crippen LogP contribution is -2.52. The largest absolute Gasteiger partial charge is 0.416 e. The fourth-order valence-electron chi connectivity index (χ4n) is 3.38. The number of halogens is 4. The van der Waals surface area contributed by atoms with Gasteiger partial charge in [-0.2, -0.15) is 13.2 Å². The molecule has 0 aliphatic carbocycles. The molecule has 1 aromatic carbocycles. The van der Waals surface area contributed by atoms with Crippen molar-refractivity contribution in [2.24, 2.45) is 5.92 Å². The number of piperazine rings is 1. The van der Waals surface area contributed by atoms with Gasteiger partial charge in [0.05, 0.1) is 11.5 Å². The molecule has 1 N–H and O–H groups in total. The van der Waals surface area contributed by atoms with Gasteiger partial charge in [0.15, 0.2) is 0 Å². The molecular formula is C17H23ClF3N3O. The third-order valence-electron chi connectivity index (χ3n) is 4.78. The molecule has 2 saturated heterocycles. The van der Waals surface area contributed by atoms with Gasteiger partial charge in [0.1, 0.15) is 0 Å². The number of rotatable bonds is 2. The normalized spacial score (nSPS) is 21.6. The molecule has 0 saturated carbocycles. The summed E-state index contributed by atoms with van der Waals surface area (Å²) in [6.45, 7) is 3.94. The number of anilines is 1. The number of carbonyl (C=O) groups excluding carboxylic acids is 1. The Balaban J connectivity index is 0.00000225. The van der Waals surface area contributed by atoms with Gasteiger partial charge in [-0.25, -0.2) is 0 Å². The Morgan fingerprint density at radius 3 is 2.48 bits per heavy atom. The minimum absolute atomic E-state index is 0. The highest BCUT2D eigenvalue weighted by Gasteiger charge is 2.32. The zero-order valence-electron chi connectivity index (χ0n) is 13.9. The monoisotopic (exact) mass is 377 g/mol. The van der Waals surface area contributed by atoms with Crippen molar-refractivity contribution in [2.45, 2.75) is 19.0 Å². The quantitative estimate of drug-likeness (QED) is 0.861. The maximum absolute atomic E-state index is 12.8. The third kappa shape index (κ3) is 4.79. The SMILES string of the molecule is Cl.O=C(C1CCCNC1)N1CCN(c2cccc(C(F)(F)F)c2)CC1. The molecule has 140 valence electrons. The molecule has 3 rings (SSSR count). The van der Waals surface area contributed by atoms with E-state index in [2.05, 4.69) is 5.32 Å². The molecule has 8 heteroatoms. The summed E-state index contributed by atoms with van der Waals surface area (Å²) in [5.74, 6) is 0.213. The van der Waals surface area contributed by atoms with E-state index in [-0.39, 0.29) is 24.2 Å². The maximum atomic E-state index is 12.8. The Morgan fingerprint density at radius 2 is 1.88 bits per heavy atom. The summed E-state index contributed by atoms with van der Waals surface area (Å²) in [5.41, 5.74) is -0.0666. The molecule has 0 bridgehead atoms. The van der Waals surface area contributed by atoms with Crippen LogP contribution in [0, 0.1) is 5.92 Å². The molecule has 1 unspecified atom stereocenters. The molecule has 4 nitrogen and oxygen atoms in total. The molecule has 2 heterocycles. The van der Waals surface area contributed by atoms with Gasteiger partial charge in [-0.1, -0.05) is 6.07 Å². The summed E-state index contributed by atoms with van der Waals surface area (Å²) < 4.78 is 38.5. The lowest BCUT2D eigenvalue weighted by molar-refractivity contribution is -0.137. The molecule has 2 aliphatic rings. The summed E-state index contributed by atoms with van der Waals surface area (Å²) >= 11 is 0. The first-order valence-corrected chi connectivity index (χ1v) is 8.37. The lowest BCUT2D eigenvalue weighted by atomic mass is 9.98. The summed E-state index contributed by atoms with van der Waals surface area (Å²) in [6, 6.07) is 5.39. The summed E-state index contributed by atoms with van der Waals surface area (Å²) in [5, 5.41) is 3.25. The van der Waals surface area contributed by atoms with E-state index in [1.165, 1.54) is 12.1 Å². The van der Waals surface area contributed by atoms with E-state index < -0.39 is 11.7 Å². The van der Waals surface area contributed by atoms with Crippen LogP contribution < -0.4 is 10.2 Å². The van der Waals surface area contributed by atoms with Crippen molar-refractivity contribution in [1.82, 2.24) is 10.2 Å². The fraction of sp³-hybridized carbons (Fsp3) is 0.588. The first-order valence-electron chi connectivity index (χ1n) is 8.37. The van der Waals surface area contributed by atoms with Gasteiger partial charge in [-0.05, 0) is 37.6 Å². The molecule has 0 spiro atoms. The van der Waals surface area contributed by atoms with Gasteiger partial charge in [0.2, 0.25) is 5.91 Å². The minimum atomic E-state index is -4.33. The average molecular weight is 378 g/mol. The van der Waals surface area contributed by atoms with Crippen molar-refractivity contribution in [3.8, 4) is 0 Å². The molecule has 1 amide bonds. The topological polar surface area (TPSA) is 35.6 Å². The molecule has 25 heavy (non-hydrogen) atoms. The Bertz CT molecular complexity index is 583. The van der Waals surface area contributed by atoms with E-state index in [9.17, 15) is 18.0 Å². The number of carbonyl (C=O) groups is 1. The molecule has 2 fully saturated rings. The van der Waals surface area contributed by atoms with Gasteiger partial charge < -0.3 is 15.1 Å². The summed E-state index contributed by atoms with van der Waals surface area (Å²) in [7, 11) is 0. The molecule has 1 aromatic rings. The average Bonchev–Trinajstić information content (AvgIpc) is 2.61. The summed E-state index contributed by atoms with van der Waals surface area (Å²) in [6.07, 6.45) is -2.40. The van der Waals surface area contributed by atoms with Crippen LogP contribution in [-0.2, 0) is 11.0 Å². The predicted molar refractivity (Wildman–Crippen MR) is 93.1 cm³/mol. The van der Waals surface area contributed by atoms with Gasteiger partial charge in [0, 0.05) is 38.4 Å². The van der Waals surface area contributed by atoms with E-state index in [4.69, 9.17) is 0 Å². The molecule has 1 atom stereocenters. The Labute approximate surface area is 151 Å². The second-order valence-electron chi connectivity index (χ2n) is 6.40. The van der Waals surface area contributed by atoms with E-state index in [0.29, 0.717) is 31.9 Å². The molecular weight excluding hydrogens is 355 g/mol. The van der Waals surface area contributed by atoms with Crippen LogP contribution in [0.1, 0.15) is 18.4 Å². The Kier molecular flexibility index (Phi) is 6.57. The summed E-state index contributed by atoms with van der Waals surface area (Å²) in [4.78, 5) is 16.3. The van der Waals surface area contributed by atoms with Crippen molar-refractivity contribution in [2.75, 3.05) is 44.2 Å². The van der Waals surface area contributed by atoms with Gasteiger partial charge in [-0.3, -0.25) is 4.79 Å². The van der Waals surface area contributed by atoms with Gasteiger partial charge in [0.25, 0.3) is 0 Å². The highest BCUT2D eigenvalue weighted by atomic mass is 35.5. The van der Waals surface area contributed by atoms with E-state index >= 15 is 0 Å². The number of benzene rings is 1. The first kappa shape index (κ1) is 19.8. The van der Waals surface area contributed by atoms with Gasteiger partial charge in [-0.15, -0.1) is 12.4 Å². The Hall–Kier alpha value is -1.47. The van der Waals surface area contributed by atoms with E-state index in [1.54, 1.807) is 6.07 Å². The van der Waals surface area contributed by atoms with Crippen LogP contribution >= 0.6 is 12.4 Å². The highest BCUT2D eigenvalue weighted by Crippen LogP contribution is 2.32. The van der Waals surface area contributed by atoms with Crippen LogP contribution in [-0.4, -0.2) is 50.1 Å². The number of hydrogen-bond donors (Lipinski definition) is 1. The van der Waals surface area contributed by atoms with Crippen molar-refractivity contribution in [3.63, 3.8) is 0 Å². The minimum Gasteiger partial charge on any atom is -0.368 e. The molecule has 0 aromatic heterocycles. The number of piperidine rings is 1. The van der Waals surface area contributed by atoms with E-state index in [0.717, 1.165) is 32.0 Å². The van der Waals surface area contributed by atoms with Crippen molar-refractivity contribution in [3.05, 3.63) is 29.8 Å². The zero-order chi connectivity index (χ0) is 17.2. The Morgan fingerprint density at radius 1 is 1.16 bits per heavy atom. The third-order valence-corrected chi connectivity index (χ3v) is 4.78. The van der Waals surface area contributed by atoms with Crippen molar-refractivity contribution >= 4 is 24.0 Å². The van der Waals surface area contributed by atoms with Crippen LogP contribution in [0.25, 0.3) is 0 Å². The lowest BCUT2D eigenvalue weighted by Gasteiger charge is -2.38. The first-order chi connectivity index (χ1) is 11.4. The standard InChI is InChI=1S/C17H22F3N3O.ClH/c18-17(19,20)14-4-1-5-15(11-14)22-7-9-23(10-8-22)16(24)13-3-2-6-21-12-13;/h1,4-5,11,13,21H,2-3,6-10,12H2;1H. The highest BCUT2D eigenvalue weighted by molar-refractivity contribution is 5.85. The van der Waals surface area contributed by atoms with Crippen LogP contribution in [0.5, 0.6) is 0 Å². The van der Waals surface area contributed by atoms with Crippen LogP contribution in [0.3, 0.4) is 0 Å². The zero-order valence-corrected chi connectivity index (χ0v) is 14.7. The smallest absolute Gasteiger partial charge is 0.368 e. The van der Waals surface area contributed by atoms with Crippen molar-refractivity contribution in [1.29, 1.82) is 0 Å². The fourth-order valence-corrected chi connectivity index (χ4v) is 3.38. The van der Waals surface area contributed by atoms with Crippen molar-refractivity contribution < 1.29 is 18.0 Å². The molecule has 0 radical (unpaired) electrons. The van der Waals surface area contributed by atoms with E-state index in [1.807, 2.05) is 9.80 Å². The number of nitrogens with one attached hydrogen (secondary N) is 1. The van der Waals surface area contributed by atoms with Gasteiger partial charge >= 0.3 is 6.18 Å². The predicted octanol–water partition coefficient (Wildman–Crippen LogP) is 2.78. The second-order valence-corrected chi connectivity index (χ2v) is 6.40. The number of amides is 1. The maximum Gasteiger partial charge on any atom is 0.416 e. The number of alkyl halides is 3. The second kappa shape index (κ2) is 8.27. The van der Waals surface area contributed by atoms with Crippen LogP contribution in [0.2, 0.25) is 0 Å². The van der Waals surface area contributed by atoms with Crippen LogP contribution in [0.4, 0.5) is 18.9 Å². The van der Waals surface area contributed by atoms with Crippen LogP contribution in [0.15, 0.2) is 24.3 Å². The number of nitrogens with zero attached hydrogens (tertiary/aromatic N) is 2. The number of hydrogen-bond acceptors (Lipinski definition) is 3.